The normalized spacial score (nSPS) is 12.7. The van der Waals surface area contributed by atoms with Crippen molar-refractivity contribution in [1.82, 2.24) is 10.3 Å². The largest absolute Gasteiger partial charge is 0.493 e. The molecule has 0 unspecified atom stereocenters. The number of carbonyl (C=O) groups excluding carboxylic acids is 1. The molecule has 2 aromatic rings. The molecule has 3 rings (SSSR count). The lowest BCUT2D eigenvalue weighted by Crippen LogP contribution is -2.23. The molecule has 0 radical (unpaired) electrons. The van der Waals surface area contributed by atoms with Gasteiger partial charge in [0.15, 0.2) is 0 Å². The van der Waals surface area contributed by atoms with E-state index in [0.29, 0.717) is 23.9 Å². The van der Waals surface area contributed by atoms with Crippen molar-refractivity contribution in [2.45, 2.75) is 13.0 Å². The number of nitrogens with zero attached hydrogens (tertiary/aromatic N) is 1. The van der Waals surface area contributed by atoms with Crippen LogP contribution in [0.2, 0.25) is 5.15 Å². The molecule has 0 fully saturated rings. The minimum Gasteiger partial charge on any atom is -0.493 e. The number of fused-ring (bicyclic) bond motifs is 1. The van der Waals surface area contributed by atoms with Gasteiger partial charge in [0.25, 0.3) is 5.91 Å². The van der Waals surface area contributed by atoms with Gasteiger partial charge in [0.1, 0.15) is 10.9 Å². The van der Waals surface area contributed by atoms with Gasteiger partial charge in [0, 0.05) is 34.8 Å². The highest BCUT2D eigenvalue weighted by molar-refractivity contribution is 9.10. The predicted molar refractivity (Wildman–Crippen MR) is 83.8 cm³/mol. The second-order valence-corrected chi connectivity index (χ2v) is 6.00. The number of nitrogens with one attached hydrogen (secondary N) is 1. The number of hydrogen-bond acceptors (Lipinski definition) is 3. The zero-order valence-electron chi connectivity index (χ0n) is 11.0. The smallest absolute Gasteiger partial charge is 0.251 e. The molecule has 1 aliphatic heterocycles. The van der Waals surface area contributed by atoms with Crippen LogP contribution < -0.4 is 10.1 Å². The number of ether oxygens (including phenoxy) is 1. The Kier molecular flexibility index (Phi) is 4.12. The summed E-state index contributed by atoms with van der Waals surface area (Å²) in [6, 6.07) is 7.18. The van der Waals surface area contributed by atoms with Crippen LogP contribution in [0.25, 0.3) is 0 Å². The minimum atomic E-state index is -0.189. The van der Waals surface area contributed by atoms with Crippen molar-refractivity contribution < 1.29 is 9.53 Å². The topological polar surface area (TPSA) is 51.2 Å². The maximum absolute atomic E-state index is 12.1. The number of rotatable bonds is 3. The molecule has 108 valence electrons. The van der Waals surface area contributed by atoms with Gasteiger partial charge in [-0.3, -0.25) is 4.79 Å². The number of benzene rings is 1. The summed E-state index contributed by atoms with van der Waals surface area (Å²) in [5.41, 5.74) is 2.62. The number of amides is 1. The van der Waals surface area contributed by atoms with Gasteiger partial charge in [-0.2, -0.15) is 0 Å². The third-order valence-electron chi connectivity index (χ3n) is 3.25. The van der Waals surface area contributed by atoms with Crippen LogP contribution in [0, 0.1) is 0 Å². The zero-order chi connectivity index (χ0) is 14.8. The van der Waals surface area contributed by atoms with Crippen molar-refractivity contribution in [3.8, 4) is 5.75 Å². The minimum absolute atomic E-state index is 0.189. The molecule has 0 saturated heterocycles. The summed E-state index contributed by atoms with van der Waals surface area (Å²) in [6.45, 7) is 1.09. The molecule has 0 spiro atoms. The van der Waals surface area contributed by atoms with Gasteiger partial charge in [0.05, 0.1) is 6.61 Å². The lowest BCUT2D eigenvalue weighted by molar-refractivity contribution is 0.0950. The summed E-state index contributed by atoms with van der Waals surface area (Å²) in [7, 11) is 0. The Balaban J connectivity index is 1.75. The van der Waals surface area contributed by atoms with Crippen molar-refractivity contribution in [2.75, 3.05) is 6.61 Å². The summed E-state index contributed by atoms with van der Waals surface area (Å²) in [5, 5.41) is 3.17. The third kappa shape index (κ3) is 3.19. The first-order valence-corrected chi connectivity index (χ1v) is 7.64. The highest BCUT2D eigenvalue weighted by Gasteiger charge is 2.18. The fraction of sp³-hybridized carbons (Fsp3) is 0.200. The highest BCUT2D eigenvalue weighted by Crippen LogP contribution is 2.32. The van der Waals surface area contributed by atoms with Gasteiger partial charge in [-0.1, -0.05) is 27.5 Å². The monoisotopic (exact) mass is 366 g/mol. The SMILES string of the molecule is O=C(NCc1cc(Br)cc2c1OCC2)c1ccnc(Cl)c1. The summed E-state index contributed by atoms with van der Waals surface area (Å²) in [5.74, 6) is 0.692. The van der Waals surface area contributed by atoms with Gasteiger partial charge >= 0.3 is 0 Å². The van der Waals surface area contributed by atoms with Crippen molar-refractivity contribution in [3.63, 3.8) is 0 Å². The maximum Gasteiger partial charge on any atom is 0.251 e. The highest BCUT2D eigenvalue weighted by atomic mass is 79.9. The molecule has 0 atom stereocenters. The summed E-state index contributed by atoms with van der Waals surface area (Å²) in [4.78, 5) is 16.0. The fourth-order valence-corrected chi connectivity index (χ4v) is 3.03. The molecule has 1 aromatic heterocycles. The second kappa shape index (κ2) is 6.03. The van der Waals surface area contributed by atoms with Crippen molar-refractivity contribution in [3.05, 3.63) is 56.8 Å². The van der Waals surface area contributed by atoms with E-state index in [9.17, 15) is 4.79 Å². The van der Waals surface area contributed by atoms with E-state index in [4.69, 9.17) is 16.3 Å². The van der Waals surface area contributed by atoms with Crippen LogP contribution in [0.4, 0.5) is 0 Å². The Bertz CT molecular complexity index is 706. The van der Waals surface area contributed by atoms with Crippen LogP contribution in [0.15, 0.2) is 34.9 Å². The number of aromatic nitrogens is 1. The quantitative estimate of drug-likeness (QED) is 0.846. The molecule has 21 heavy (non-hydrogen) atoms. The average molecular weight is 368 g/mol. The molecule has 0 saturated carbocycles. The van der Waals surface area contributed by atoms with E-state index in [1.54, 1.807) is 12.1 Å². The van der Waals surface area contributed by atoms with Gasteiger partial charge < -0.3 is 10.1 Å². The Hall–Kier alpha value is -1.59. The van der Waals surface area contributed by atoms with E-state index in [2.05, 4.69) is 32.3 Å². The average Bonchev–Trinajstić information content (AvgIpc) is 2.92. The van der Waals surface area contributed by atoms with Gasteiger partial charge in [-0.25, -0.2) is 4.98 Å². The van der Waals surface area contributed by atoms with E-state index in [0.717, 1.165) is 22.2 Å². The van der Waals surface area contributed by atoms with E-state index >= 15 is 0 Å². The summed E-state index contributed by atoms with van der Waals surface area (Å²) in [6.07, 6.45) is 2.41. The van der Waals surface area contributed by atoms with Crippen LogP contribution >= 0.6 is 27.5 Å². The number of carbonyl (C=O) groups is 1. The van der Waals surface area contributed by atoms with E-state index in [1.165, 1.54) is 11.8 Å². The van der Waals surface area contributed by atoms with Crippen LogP contribution in [-0.4, -0.2) is 17.5 Å². The third-order valence-corrected chi connectivity index (χ3v) is 3.92. The van der Waals surface area contributed by atoms with E-state index < -0.39 is 0 Å². The maximum atomic E-state index is 12.1. The zero-order valence-corrected chi connectivity index (χ0v) is 13.4. The standard InChI is InChI=1S/C15H12BrClN2O2/c16-12-5-9-2-4-21-14(9)11(6-12)8-19-15(20)10-1-3-18-13(17)7-10/h1,3,5-7H,2,4,8H2,(H,19,20). The predicted octanol–water partition coefficient (Wildman–Crippen LogP) is 3.36. The first kappa shape index (κ1) is 14.4. The molecule has 2 heterocycles. The fourth-order valence-electron chi connectivity index (χ4n) is 2.30. The molecule has 1 aromatic carbocycles. The van der Waals surface area contributed by atoms with E-state index in [1.807, 2.05) is 6.07 Å². The molecule has 1 aliphatic rings. The number of hydrogen-bond donors (Lipinski definition) is 1. The summed E-state index contributed by atoms with van der Waals surface area (Å²) < 4.78 is 6.63. The van der Waals surface area contributed by atoms with Crippen LogP contribution in [-0.2, 0) is 13.0 Å². The molecular weight excluding hydrogens is 356 g/mol. The number of pyridine rings is 1. The van der Waals surface area contributed by atoms with Crippen molar-refractivity contribution in [2.24, 2.45) is 0 Å². The molecule has 6 heteroatoms. The van der Waals surface area contributed by atoms with Crippen LogP contribution in [0.1, 0.15) is 21.5 Å². The molecule has 1 N–H and O–H groups in total. The van der Waals surface area contributed by atoms with Crippen LogP contribution in [0.3, 0.4) is 0 Å². The Morgan fingerprint density at radius 2 is 2.29 bits per heavy atom. The molecule has 0 bridgehead atoms. The van der Waals surface area contributed by atoms with Gasteiger partial charge in [-0.05, 0) is 29.8 Å². The number of halogens is 2. The Morgan fingerprint density at radius 3 is 3.10 bits per heavy atom. The van der Waals surface area contributed by atoms with Crippen molar-refractivity contribution >= 4 is 33.4 Å². The lowest BCUT2D eigenvalue weighted by atomic mass is 10.1. The second-order valence-electron chi connectivity index (χ2n) is 4.70. The van der Waals surface area contributed by atoms with E-state index in [-0.39, 0.29) is 5.91 Å². The lowest BCUT2D eigenvalue weighted by Gasteiger charge is -2.10. The van der Waals surface area contributed by atoms with Gasteiger partial charge in [0.2, 0.25) is 0 Å². The molecule has 0 aliphatic carbocycles. The first-order valence-electron chi connectivity index (χ1n) is 6.47. The van der Waals surface area contributed by atoms with Crippen molar-refractivity contribution in [1.29, 1.82) is 0 Å². The van der Waals surface area contributed by atoms with Gasteiger partial charge in [-0.15, -0.1) is 0 Å². The molecule has 4 nitrogen and oxygen atoms in total. The van der Waals surface area contributed by atoms with Crippen LogP contribution in [0.5, 0.6) is 5.75 Å². The molecule has 1 amide bonds. The molecular formula is C15H12BrClN2O2. The Labute approximate surface area is 135 Å². The summed E-state index contributed by atoms with van der Waals surface area (Å²) >= 11 is 9.27. The first-order chi connectivity index (χ1) is 10.1. The Morgan fingerprint density at radius 1 is 1.43 bits per heavy atom.